The van der Waals surface area contributed by atoms with Crippen molar-refractivity contribution in [1.29, 1.82) is 0 Å². The van der Waals surface area contributed by atoms with Crippen LogP contribution in [0.2, 0.25) is 0 Å². The van der Waals surface area contributed by atoms with Gasteiger partial charge in [0.2, 0.25) is 0 Å². The number of phenols is 1. The van der Waals surface area contributed by atoms with Crippen LogP contribution in [0.5, 0.6) is 5.75 Å². The summed E-state index contributed by atoms with van der Waals surface area (Å²) in [4.78, 5) is 0. The molecule has 1 nitrogen and oxygen atoms in total. The number of hydrogen-bond donors (Lipinski definition) is 1. The monoisotopic (exact) mass is 282 g/mol. The highest BCUT2D eigenvalue weighted by Crippen LogP contribution is 2.64. The Morgan fingerprint density at radius 1 is 1.00 bits per heavy atom. The van der Waals surface area contributed by atoms with Gasteiger partial charge in [0.15, 0.2) is 0 Å². The highest BCUT2D eigenvalue weighted by molar-refractivity contribution is 5.51. The van der Waals surface area contributed by atoms with Crippen LogP contribution in [0, 0.1) is 29.1 Å². The maximum atomic E-state index is 9.41. The van der Waals surface area contributed by atoms with Gasteiger partial charge < -0.3 is 5.11 Å². The molecule has 5 rings (SSSR count). The second kappa shape index (κ2) is 4.90. The zero-order valence-corrected chi connectivity index (χ0v) is 13.0. The van der Waals surface area contributed by atoms with Gasteiger partial charge in [0.1, 0.15) is 5.75 Å². The molecule has 1 heteroatoms. The number of benzene rings is 1. The number of allylic oxidation sites excluding steroid dienone is 1. The summed E-state index contributed by atoms with van der Waals surface area (Å²) in [7, 11) is 0. The van der Waals surface area contributed by atoms with E-state index in [0.717, 1.165) is 23.7 Å². The predicted molar refractivity (Wildman–Crippen MR) is 86.9 cm³/mol. The molecule has 0 aliphatic heterocycles. The smallest absolute Gasteiger partial charge is 0.115 e. The Morgan fingerprint density at radius 2 is 1.57 bits per heavy atom. The zero-order chi connectivity index (χ0) is 14.4. The Kier molecular flexibility index (Phi) is 3.13. The molecule has 4 fully saturated rings. The van der Waals surface area contributed by atoms with Gasteiger partial charge in [-0.25, -0.2) is 0 Å². The highest BCUT2D eigenvalue weighted by atomic mass is 16.3. The van der Waals surface area contributed by atoms with Crippen molar-refractivity contribution in [1.82, 2.24) is 0 Å². The van der Waals surface area contributed by atoms with Crippen LogP contribution >= 0.6 is 0 Å². The molecular formula is C20H26O. The quantitative estimate of drug-likeness (QED) is 0.802. The molecule has 4 aliphatic rings. The van der Waals surface area contributed by atoms with E-state index >= 15 is 0 Å². The third kappa shape index (κ3) is 2.13. The summed E-state index contributed by atoms with van der Waals surface area (Å²) in [6.45, 7) is 2.39. The van der Waals surface area contributed by atoms with Crippen molar-refractivity contribution in [3.63, 3.8) is 0 Å². The zero-order valence-electron chi connectivity index (χ0n) is 13.0. The number of rotatable bonds is 3. The fourth-order valence-electron chi connectivity index (χ4n) is 5.87. The first-order chi connectivity index (χ1) is 10.2. The molecule has 0 heterocycles. The largest absolute Gasteiger partial charge is 0.508 e. The maximum absolute atomic E-state index is 9.41. The summed E-state index contributed by atoms with van der Waals surface area (Å²) in [5.41, 5.74) is 1.67. The summed E-state index contributed by atoms with van der Waals surface area (Å²) in [5, 5.41) is 9.41. The molecule has 112 valence electrons. The van der Waals surface area contributed by atoms with Gasteiger partial charge in [-0.05, 0) is 85.3 Å². The van der Waals surface area contributed by atoms with Crippen LogP contribution in [0.25, 0.3) is 6.08 Å². The molecule has 1 N–H and O–H groups in total. The minimum Gasteiger partial charge on any atom is -0.508 e. The van der Waals surface area contributed by atoms with Crippen molar-refractivity contribution in [2.75, 3.05) is 0 Å². The van der Waals surface area contributed by atoms with Gasteiger partial charge in [-0.15, -0.1) is 0 Å². The van der Waals surface area contributed by atoms with E-state index < -0.39 is 0 Å². The third-order valence-electron chi connectivity index (χ3n) is 6.75. The fraction of sp³-hybridized carbons (Fsp3) is 0.600. The molecule has 0 unspecified atom stereocenters. The molecule has 0 saturated heterocycles. The van der Waals surface area contributed by atoms with Crippen molar-refractivity contribution in [2.45, 2.75) is 45.4 Å². The van der Waals surface area contributed by atoms with E-state index in [2.05, 4.69) is 19.1 Å². The van der Waals surface area contributed by atoms with Gasteiger partial charge in [0.25, 0.3) is 0 Å². The molecule has 1 aromatic rings. The fourth-order valence-corrected chi connectivity index (χ4v) is 5.87. The number of aromatic hydroxyl groups is 1. The molecule has 0 aromatic heterocycles. The van der Waals surface area contributed by atoms with Crippen molar-refractivity contribution in [3.8, 4) is 5.75 Å². The lowest BCUT2D eigenvalue weighted by atomic mass is 9.44. The Morgan fingerprint density at radius 3 is 2.10 bits per heavy atom. The van der Waals surface area contributed by atoms with Crippen molar-refractivity contribution in [3.05, 3.63) is 35.9 Å². The number of hydrogen-bond acceptors (Lipinski definition) is 1. The second-order valence-electron chi connectivity index (χ2n) is 7.70. The van der Waals surface area contributed by atoms with Gasteiger partial charge >= 0.3 is 0 Å². The first-order valence-electron chi connectivity index (χ1n) is 8.68. The van der Waals surface area contributed by atoms with E-state index in [4.69, 9.17) is 0 Å². The van der Waals surface area contributed by atoms with E-state index in [9.17, 15) is 5.11 Å². The molecule has 0 radical (unpaired) electrons. The van der Waals surface area contributed by atoms with Crippen LogP contribution in [0.3, 0.4) is 0 Å². The minimum absolute atomic E-state index is 0.354. The van der Waals surface area contributed by atoms with E-state index in [-0.39, 0.29) is 0 Å². The van der Waals surface area contributed by atoms with Crippen LogP contribution < -0.4 is 0 Å². The normalized spacial score (nSPS) is 41.0. The molecule has 21 heavy (non-hydrogen) atoms. The van der Waals surface area contributed by atoms with Crippen molar-refractivity contribution < 1.29 is 5.11 Å². The molecular weight excluding hydrogens is 256 g/mol. The summed E-state index contributed by atoms with van der Waals surface area (Å²) >= 11 is 0. The second-order valence-corrected chi connectivity index (χ2v) is 7.70. The van der Waals surface area contributed by atoms with Crippen molar-refractivity contribution in [2.24, 2.45) is 29.1 Å². The summed E-state index contributed by atoms with van der Waals surface area (Å²) in [6.07, 6.45) is 13.6. The Bertz CT molecular complexity index is 511. The lowest BCUT2D eigenvalue weighted by molar-refractivity contribution is -0.0821. The Labute approximate surface area is 128 Å². The van der Waals surface area contributed by atoms with Gasteiger partial charge in [-0.1, -0.05) is 31.2 Å². The van der Waals surface area contributed by atoms with E-state index in [1.54, 1.807) is 12.1 Å². The standard InChI is InChI=1S/C20H26O/c1-2-20(8-7-14-3-5-19(21)6-4-14)17-10-15-9-16(12-17)13-18(20)11-15/h3-8,15-18,21H,2,9-13H2,1H3. The van der Waals surface area contributed by atoms with Crippen LogP contribution in [0.15, 0.2) is 30.3 Å². The molecule has 1 aromatic carbocycles. The van der Waals surface area contributed by atoms with Gasteiger partial charge in [-0.3, -0.25) is 0 Å². The summed E-state index contributed by atoms with van der Waals surface area (Å²) in [6, 6.07) is 7.61. The van der Waals surface area contributed by atoms with Crippen molar-refractivity contribution >= 4 is 6.08 Å². The lowest BCUT2D eigenvalue weighted by Crippen LogP contribution is -2.51. The molecule has 0 amide bonds. The van der Waals surface area contributed by atoms with Crippen LogP contribution in [-0.4, -0.2) is 5.11 Å². The minimum atomic E-state index is 0.354. The van der Waals surface area contributed by atoms with E-state index in [0.29, 0.717) is 11.2 Å². The van der Waals surface area contributed by atoms with Gasteiger partial charge in [0.05, 0.1) is 0 Å². The first-order valence-corrected chi connectivity index (χ1v) is 8.68. The highest BCUT2D eigenvalue weighted by Gasteiger charge is 2.54. The van der Waals surface area contributed by atoms with E-state index in [1.165, 1.54) is 44.1 Å². The Hall–Kier alpha value is -1.24. The molecule has 0 spiro atoms. The van der Waals surface area contributed by atoms with Crippen LogP contribution in [0.4, 0.5) is 0 Å². The van der Waals surface area contributed by atoms with Gasteiger partial charge in [-0.2, -0.15) is 0 Å². The molecule has 0 atom stereocenters. The van der Waals surface area contributed by atoms with Gasteiger partial charge in [0, 0.05) is 0 Å². The van der Waals surface area contributed by atoms with Crippen LogP contribution in [0.1, 0.15) is 51.0 Å². The van der Waals surface area contributed by atoms with E-state index in [1.807, 2.05) is 12.1 Å². The number of phenolic OH excluding ortho intramolecular Hbond substituents is 1. The van der Waals surface area contributed by atoms with Crippen LogP contribution in [-0.2, 0) is 0 Å². The molecule has 4 bridgehead atoms. The predicted octanol–water partition coefficient (Wildman–Crippen LogP) is 5.26. The topological polar surface area (TPSA) is 20.2 Å². The average molecular weight is 282 g/mol. The maximum Gasteiger partial charge on any atom is 0.115 e. The molecule has 4 aliphatic carbocycles. The lowest BCUT2D eigenvalue weighted by Gasteiger charge is -2.60. The third-order valence-corrected chi connectivity index (χ3v) is 6.75. The SMILES string of the molecule is CCC1(C=Cc2ccc(O)cc2)C2CC3CC(C2)CC1C3. The summed E-state index contributed by atoms with van der Waals surface area (Å²) in [5.74, 6) is 4.27. The first kappa shape index (κ1) is 13.4. The summed E-state index contributed by atoms with van der Waals surface area (Å²) < 4.78 is 0. The molecule has 4 saturated carbocycles. The average Bonchev–Trinajstić information content (AvgIpc) is 2.48. The Balaban J connectivity index is 1.63.